The van der Waals surface area contributed by atoms with Crippen LogP contribution in [0.25, 0.3) is 0 Å². The zero-order chi connectivity index (χ0) is 13.5. The van der Waals surface area contributed by atoms with Gasteiger partial charge in [-0.05, 0) is 30.2 Å². The summed E-state index contributed by atoms with van der Waals surface area (Å²) in [6.45, 7) is 2.06. The van der Waals surface area contributed by atoms with Gasteiger partial charge in [-0.3, -0.25) is 10.9 Å². The average molecular weight is 288 g/mol. The second kappa shape index (κ2) is 7.16. The molecule has 19 heavy (non-hydrogen) atoms. The summed E-state index contributed by atoms with van der Waals surface area (Å²) in [5.41, 5.74) is 9.65. The minimum Gasteiger partial charge on any atom is -0.300 e. The van der Waals surface area contributed by atoms with Crippen LogP contribution < -0.4 is 10.9 Å². The molecule has 2 N–H and O–H groups in total. The fraction of sp³-hybridized carbons (Fsp3) is 0.133. The van der Waals surface area contributed by atoms with Gasteiger partial charge in [0.25, 0.3) is 0 Å². The molecular formula is C15H16N2S2. The van der Waals surface area contributed by atoms with Crippen LogP contribution in [0.4, 0.5) is 5.69 Å². The third kappa shape index (κ3) is 4.93. The number of hydrogen-bond acceptors (Lipinski definition) is 3. The highest BCUT2D eigenvalue weighted by atomic mass is 32.2. The number of nitrogens with one attached hydrogen (secondary N) is 2. The van der Waals surface area contributed by atoms with Crippen LogP contribution in [-0.4, -0.2) is 4.32 Å². The van der Waals surface area contributed by atoms with Gasteiger partial charge < -0.3 is 0 Å². The van der Waals surface area contributed by atoms with Crippen molar-refractivity contribution in [1.82, 2.24) is 5.43 Å². The lowest BCUT2D eigenvalue weighted by Gasteiger charge is -2.10. The Labute approximate surface area is 123 Å². The summed E-state index contributed by atoms with van der Waals surface area (Å²) in [4.78, 5) is 0. The maximum Gasteiger partial charge on any atom is 0.152 e. The number of hydrazine groups is 1. The molecule has 0 bridgehead atoms. The van der Waals surface area contributed by atoms with E-state index in [0.717, 1.165) is 15.8 Å². The molecule has 0 unspecified atom stereocenters. The van der Waals surface area contributed by atoms with Crippen molar-refractivity contribution in [2.24, 2.45) is 0 Å². The van der Waals surface area contributed by atoms with Crippen molar-refractivity contribution in [2.75, 3.05) is 5.43 Å². The van der Waals surface area contributed by atoms with Gasteiger partial charge in [0.1, 0.15) is 0 Å². The van der Waals surface area contributed by atoms with Gasteiger partial charge in [0, 0.05) is 5.75 Å². The molecule has 0 saturated carbocycles. The fourth-order valence-corrected chi connectivity index (χ4v) is 2.45. The second-order valence-electron chi connectivity index (χ2n) is 4.18. The van der Waals surface area contributed by atoms with Crippen LogP contribution in [0.1, 0.15) is 11.1 Å². The molecule has 0 aliphatic carbocycles. The third-order valence-electron chi connectivity index (χ3n) is 2.54. The lowest BCUT2D eigenvalue weighted by Crippen LogP contribution is -2.25. The Morgan fingerprint density at radius 3 is 2.63 bits per heavy atom. The van der Waals surface area contributed by atoms with Crippen LogP contribution in [-0.2, 0) is 5.75 Å². The number of anilines is 1. The van der Waals surface area contributed by atoms with Gasteiger partial charge in [0.15, 0.2) is 4.32 Å². The first-order chi connectivity index (χ1) is 9.24. The molecule has 98 valence electrons. The molecule has 2 rings (SSSR count). The van der Waals surface area contributed by atoms with Crippen molar-refractivity contribution in [3.8, 4) is 0 Å². The Hall–Kier alpha value is -1.52. The summed E-state index contributed by atoms with van der Waals surface area (Å²) in [5.74, 6) is 0.877. The van der Waals surface area contributed by atoms with Gasteiger partial charge >= 0.3 is 0 Å². The Balaban J connectivity index is 1.76. The highest BCUT2D eigenvalue weighted by Crippen LogP contribution is 2.13. The molecular weight excluding hydrogens is 272 g/mol. The molecule has 0 aliphatic heterocycles. The van der Waals surface area contributed by atoms with Gasteiger partial charge in [-0.1, -0.05) is 66.4 Å². The number of rotatable bonds is 4. The highest BCUT2D eigenvalue weighted by Gasteiger charge is 1.98. The summed E-state index contributed by atoms with van der Waals surface area (Å²) >= 11 is 6.89. The van der Waals surface area contributed by atoms with E-state index in [1.165, 1.54) is 11.1 Å². The second-order valence-corrected chi connectivity index (χ2v) is 5.83. The molecule has 0 amide bonds. The summed E-state index contributed by atoms with van der Waals surface area (Å²) in [5, 5.41) is 0. The predicted octanol–water partition coefficient (Wildman–Crippen LogP) is 4.13. The van der Waals surface area contributed by atoms with Crippen LogP contribution in [0, 0.1) is 6.92 Å². The molecule has 0 radical (unpaired) electrons. The van der Waals surface area contributed by atoms with Crippen LogP contribution >= 0.6 is 24.0 Å². The fourth-order valence-electron chi connectivity index (χ4n) is 1.61. The van der Waals surface area contributed by atoms with Crippen molar-refractivity contribution in [3.63, 3.8) is 0 Å². The largest absolute Gasteiger partial charge is 0.300 e. The molecule has 2 aromatic rings. The van der Waals surface area contributed by atoms with E-state index in [1.807, 2.05) is 30.3 Å². The monoisotopic (exact) mass is 288 g/mol. The highest BCUT2D eigenvalue weighted by molar-refractivity contribution is 8.22. The Morgan fingerprint density at radius 2 is 1.89 bits per heavy atom. The average Bonchev–Trinajstić information content (AvgIpc) is 2.44. The van der Waals surface area contributed by atoms with Crippen LogP contribution in [0.2, 0.25) is 0 Å². The minimum absolute atomic E-state index is 0.741. The zero-order valence-corrected chi connectivity index (χ0v) is 12.4. The van der Waals surface area contributed by atoms with E-state index in [0.29, 0.717) is 0 Å². The van der Waals surface area contributed by atoms with E-state index in [2.05, 4.69) is 42.0 Å². The van der Waals surface area contributed by atoms with Gasteiger partial charge in [-0.2, -0.15) is 0 Å². The maximum absolute atomic E-state index is 5.27. The van der Waals surface area contributed by atoms with Gasteiger partial charge in [0.2, 0.25) is 0 Å². The van der Waals surface area contributed by atoms with Crippen molar-refractivity contribution in [3.05, 3.63) is 65.7 Å². The molecule has 2 aromatic carbocycles. The van der Waals surface area contributed by atoms with Crippen molar-refractivity contribution < 1.29 is 0 Å². The Morgan fingerprint density at radius 1 is 1.11 bits per heavy atom. The van der Waals surface area contributed by atoms with Crippen molar-refractivity contribution in [2.45, 2.75) is 12.7 Å². The van der Waals surface area contributed by atoms with Crippen LogP contribution in [0.15, 0.2) is 54.6 Å². The third-order valence-corrected chi connectivity index (χ3v) is 3.84. The predicted molar refractivity (Wildman–Crippen MR) is 88.3 cm³/mol. The first-order valence-corrected chi connectivity index (χ1v) is 7.43. The maximum atomic E-state index is 5.27. The van der Waals surface area contributed by atoms with E-state index >= 15 is 0 Å². The molecule has 0 heterocycles. The number of benzene rings is 2. The summed E-state index contributed by atoms with van der Waals surface area (Å²) < 4.78 is 0.741. The molecule has 0 atom stereocenters. The first kappa shape index (κ1) is 13.9. The molecule has 0 spiro atoms. The molecule has 4 heteroatoms. The molecule has 0 aliphatic rings. The molecule has 0 fully saturated rings. The van der Waals surface area contributed by atoms with E-state index in [9.17, 15) is 0 Å². The van der Waals surface area contributed by atoms with Crippen molar-refractivity contribution >= 4 is 34.0 Å². The number of thioether (sulfide) groups is 1. The number of hydrogen-bond donors (Lipinski definition) is 2. The number of thiocarbonyl (C=S) groups is 1. The molecule has 0 saturated heterocycles. The minimum atomic E-state index is 0.741. The van der Waals surface area contributed by atoms with Crippen LogP contribution in [0.5, 0.6) is 0 Å². The standard InChI is InChI=1S/C15H16N2S2/c1-12-6-5-9-14(10-12)16-17-15(18)19-11-13-7-3-2-4-8-13/h2-10,16H,11H2,1H3,(H,17,18). The van der Waals surface area contributed by atoms with E-state index < -0.39 is 0 Å². The SMILES string of the molecule is Cc1cccc(NNC(=S)SCc2ccccc2)c1. The summed E-state index contributed by atoms with van der Waals surface area (Å²) in [7, 11) is 0. The van der Waals surface area contributed by atoms with Gasteiger partial charge in [-0.25, -0.2) is 0 Å². The smallest absolute Gasteiger partial charge is 0.152 e. The van der Waals surface area contributed by atoms with Gasteiger partial charge in [-0.15, -0.1) is 0 Å². The lowest BCUT2D eigenvalue weighted by atomic mass is 10.2. The van der Waals surface area contributed by atoms with E-state index in [1.54, 1.807) is 11.8 Å². The molecule has 2 nitrogen and oxygen atoms in total. The number of aryl methyl sites for hydroxylation is 1. The van der Waals surface area contributed by atoms with Gasteiger partial charge in [0.05, 0.1) is 5.69 Å². The normalized spacial score (nSPS) is 9.95. The molecule has 0 aromatic heterocycles. The summed E-state index contributed by atoms with van der Waals surface area (Å²) in [6, 6.07) is 18.4. The summed E-state index contributed by atoms with van der Waals surface area (Å²) in [6.07, 6.45) is 0. The van der Waals surface area contributed by atoms with E-state index in [4.69, 9.17) is 12.2 Å². The van der Waals surface area contributed by atoms with E-state index in [-0.39, 0.29) is 0 Å². The zero-order valence-electron chi connectivity index (χ0n) is 10.7. The Kier molecular flexibility index (Phi) is 5.24. The van der Waals surface area contributed by atoms with Crippen LogP contribution in [0.3, 0.4) is 0 Å². The lowest BCUT2D eigenvalue weighted by molar-refractivity contribution is 1.16. The quantitative estimate of drug-likeness (QED) is 0.652. The van der Waals surface area contributed by atoms with Crippen molar-refractivity contribution in [1.29, 1.82) is 0 Å². The Bertz CT molecular complexity index is 541. The first-order valence-electron chi connectivity index (χ1n) is 6.03. The topological polar surface area (TPSA) is 24.1 Å².